The van der Waals surface area contributed by atoms with Crippen LogP contribution >= 0.6 is 38.5 Å². The molecule has 6 heteroatoms. The summed E-state index contributed by atoms with van der Waals surface area (Å²) in [5.41, 5.74) is 0.527. The lowest BCUT2D eigenvalue weighted by molar-refractivity contribution is -0.140. The largest absolute Gasteiger partial charge is 0.389 e. The van der Waals surface area contributed by atoms with Crippen molar-refractivity contribution in [2.24, 2.45) is 0 Å². The standard InChI is InChI=1S/C10H9BrF3IO/c11-6-1-2-8(15)7(5-6)9(16)3-4-10(12,13)14/h1-2,5,9,16H,3-4H2. The van der Waals surface area contributed by atoms with E-state index < -0.39 is 18.7 Å². The lowest BCUT2D eigenvalue weighted by Gasteiger charge is -2.14. The summed E-state index contributed by atoms with van der Waals surface area (Å²) < 4.78 is 37.5. The molecule has 0 spiro atoms. The maximum Gasteiger partial charge on any atom is 0.389 e. The highest BCUT2D eigenvalue weighted by Gasteiger charge is 2.28. The second-order valence-corrected chi connectivity index (χ2v) is 5.41. The molecule has 1 rings (SSSR count). The highest BCUT2D eigenvalue weighted by atomic mass is 127. The van der Waals surface area contributed by atoms with Crippen LogP contribution in [0.5, 0.6) is 0 Å². The van der Waals surface area contributed by atoms with Gasteiger partial charge in [-0.3, -0.25) is 0 Å². The van der Waals surface area contributed by atoms with Crippen LogP contribution in [-0.4, -0.2) is 11.3 Å². The van der Waals surface area contributed by atoms with E-state index in [-0.39, 0.29) is 6.42 Å². The van der Waals surface area contributed by atoms with E-state index in [4.69, 9.17) is 0 Å². The first-order valence-corrected chi connectivity index (χ1v) is 6.36. The molecule has 1 nitrogen and oxygen atoms in total. The summed E-state index contributed by atoms with van der Waals surface area (Å²) in [6, 6.07) is 5.17. The van der Waals surface area contributed by atoms with E-state index in [0.717, 1.165) is 8.04 Å². The van der Waals surface area contributed by atoms with Crippen LogP contribution < -0.4 is 0 Å². The fourth-order valence-electron chi connectivity index (χ4n) is 1.23. The van der Waals surface area contributed by atoms with Crippen LogP contribution in [0.25, 0.3) is 0 Å². The van der Waals surface area contributed by atoms with Crippen molar-refractivity contribution in [2.45, 2.75) is 25.1 Å². The fourth-order valence-corrected chi connectivity index (χ4v) is 2.30. The molecule has 0 aliphatic rings. The molecule has 0 aromatic heterocycles. The Morgan fingerprint density at radius 3 is 2.56 bits per heavy atom. The highest BCUT2D eigenvalue weighted by Crippen LogP contribution is 2.30. The Hall–Kier alpha value is 0.180. The minimum atomic E-state index is -4.22. The second-order valence-electron chi connectivity index (χ2n) is 3.34. The van der Waals surface area contributed by atoms with Gasteiger partial charge in [-0.25, -0.2) is 0 Å². The molecule has 16 heavy (non-hydrogen) atoms. The zero-order chi connectivity index (χ0) is 12.3. The Bertz CT molecular complexity index is 368. The monoisotopic (exact) mass is 408 g/mol. The van der Waals surface area contributed by atoms with Crippen LogP contribution in [-0.2, 0) is 0 Å². The molecule has 1 aromatic carbocycles. The van der Waals surface area contributed by atoms with Gasteiger partial charge in [-0.2, -0.15) is 13.2 Å². The van der Waals surface area contributed by atoms with Crippen LogP contribution in [0.4, 0.5) is 13.2 Å². The molecule has 0 fully saturated rings. The Balaban J connectivity index is 2.73. The predicted octanol–water partition coefficient (Wildman–Crippen LogP) is 4.43. The third kappa shape index (κ3) is 4.58. The van der Waals surface area contributed by atoms with Gasteiger partial charge in [-0.05, 0) is 52.8 Å². The minimum Gasteiger partial charge on any atom is -0.388 e. The molecule has 0 heterocycles. The summed E-state index contributed by atoms with van der Waals surface area (Å²) in [5, 5.41) is 9.66. The van der Waals surface area contributed by atoms with Crippen molar-refractivity contribution < 1.29 is 18.3 Å². The molecular formula is C10H9BrF3IO. The molecule has 1 unspecified atom stereocenters. The molecular weight excluding hydrogens is 400 g/mol. The van der Waals surface area contributed by atoms with Crippen molar-refractivity contribution in [3.05, 3.63) is 31.8 Å². The Morgan fingerprint density at radius 1 is 1.38 bits per heavy atom. The van der Waals surface area contributed by atoms with Gasteiger partial charge >= 0.3 is 6.18 Å². The number of rotatable bonds is 3. The fraction of sp³-hybridized carbons (Fsp3) is 0.400. The molecule has 1 atom stereocenters. The number of aliphatic hydroxyl groups excluding tert-OH is 1. The predicted molar refractivity (Wildman–Crippen MR) is 67.1 cm³/mol. The maximum atomic E-state index is 12.0. The number of hydrogen-bond donors (Lipinski definition) is 1. The summed E-state index contributed by atoms with van der Waals surface area (Å²) in [5.74, 6) is 0. The number of alkyl halides is 3. The Morgan fingerprint density at radius 2 is 2.00 bits per heavy atom. The van der Waals surface area contributed by atoms with Gasteiger partial charge in [0.05, 0.1) is 6.10 Å². The smallest absolute Gasteiger partial charge is 0.388 e. The number of aliphatic hydroxyl groups is 1. The molecule has 0 amide bonds. The van der Waals surface area contributed by atoms with Gasteiger partial charge in [0.2, 0.25) is 0 Å². The van der Waals surface area contributed by atoms with Crippen molar-refractivity contribution in [1.29, 1.82) is 0 Å². The van der Waals surface area contributed by atoms with Crippen LogP contribution in [0.3, 0.4) is 0 Å². The van der Waals surface area contributed by atoms with Crippen molar-refractivity contribution in [1.82, 2.24) is 0 Å². The van der Waals surface area contributed by atoms with Gasteiger partial charge in [0.25, 0.3) is 0 Å². The molecule has 0 aliphatic heterocycles. The molecule has 90 valence electrons. The van der Waals surface area contributed by atoms with E-state index in [1.807, 2.05) is 22.6 Å². The molecule has 0 bridgehead atoms. The molecule has 0 saturated heterocycles. The topological polar surface area (TPSA) is 20.2 Å². The number of halogens is 5. The highest BCUT2D eigenvalue weighted by molar-refractivity contribution is 14.1. The van der Waals surface area contributed by atoms with Crippen LogP contribution in [0.2, 0.25) is 0 Å². The van der Waals surface area contributed by atoms with Crippen LogP contribution in [0.15, 0.2) is 22.7 Å². The summed E-state index contributed by atoms with van der Waals surface area (Å²) in [7, 11) is 0. The first-order valence-electron chi connectivity index (χ1n) is 4.49. The van der Waals surface area contributed by atoms with E-state index in [9.17, 15) is 18.3 Å². The van der Waals surface area contributed by atoms with Gasteiger partial charge in [-0.1, -0.05) is 15.9 Å². The van der Waals surface area contributed by atoms with E-state index in [2.05, 4.69) is 15.9 Å². The normalized spacial score (nSPS) is 13.9. The zero-order valence-corrected chi connectivity index (χ0v) is 11.8. The van der Waals surface area contributed by atoms with Gasteiger partial charge in [0, 0.05) is 14.5 Å². The lowest BCUT2D eigenvalue weighted by atomic mass is 10.1. The average molecular weight is 409 g/mol. The Kier molecular flexibility index (Phi) is 5.06. The summed E-state index contributed by atoms with van der Waals surface area (Å²) >= 11 is 5.21. The van der Waals surface area contributed by atoms with Crippen LogP contribution in [0.1, 0.15) is 24.5 Å². The van der Waals surface area contributed by atoms with Crippen molar-refractivity contribution >= 4 is 38.5 Å². The molecule has 0 aliphatic carbocycles. The molecule has 1 aromatic rings. The van der Waals surface area contributed by atoms with E-state index >= 15 is 0 Å². The third-order valence-corrected chi connectivity index (χ3v) is 3.49. The molecule has 0 saturated carbocycles. The van der Waals surface area contributed by atoms with E-state index in [0.29, 0.717) is 5.56 Å². The number of benzene rings is 1. The summed E-state index contributed by atoms with van der Waals surface area (Å²) in [6.45, 7) is 0. The van der Waals surface area contributed by atoms with Gasteiger partial charge in [0.15, 0.2) is 0 Å². The number of hydrogen-bond acceptors (Lipinski definition) is 1. The average Bonchev–Trinajstić information content (AvgIpc) is 2.17. The van der Waals surface area contributed by atoms with Gasteiger partial charge < -0.3 is 5.11 Å². The van der Waals surface area contributed by atoms with Gasteiger partial charge in [0.1, 0.15) is 0 Å². The Labute approximate surface area is 113 Å². The second kappa shape index (κ2) is 5.68. The van der Waals surface area contributed by atoms with E-state index in [1.165, 1.54) is 0 Å². The third-order valence-electron chi connectivity index (χ3n) is 2.02. The van der Waals surface area contributed by atoms with Crippen molar-refractivity contribution in [2.75, 3.05) is 0 Å². The van der Waals surface area contributed by atoms with Crippen molar-refractivity contribution in [3.63, 3.8) is 0 Å². The molecule has 0 radical (unpaired) electrons. The first kappa shape index (κ1) is 14.2. The lowest BCUT2D eigenvalue weighted by Crippen LogP contribution is -2.10. The minimum absolute atomic E-state index is 0.310. The van der Waals surface area contributed by atoms with Gasteiger partial charge in [-0.15, -0.1) is 0 Å². The quantitative estimate of drug-likeness (QED) is 0.733. The maximum absolute atomic E-state index is 12.0. The summed E-state index contributed by atoms with van der Waals surface area (Å²) in [6.07, 6.45) is -6.59. The summed E-state index contributed by atoms with van der Waals surface area (Å²) in [4.78, 5) is 0. The zero-order valence-electron chi connectivity index (χ0n) is 8.06. The molecule has 1 N–H and O–H groups in total. The van der Waals surface area contributed by atoms with E-state index in [1.54, 1.807) is 18.2 Å². The van der Waals surface area contributed by atoms with Crippen LogP contribution in [0, 0.1) is 3.57 Å². The SMILES string of the molecule is OC(CCC(F)(F)F)c1cc(Br)ccc1I. The first-order chi connectivity index (χ1) is 7.29. The van der Waals surface area contributed by atoms with Crippen molar-refractivity contribution in [3.8, 4) is 0 Å².